The van der Waals surface area contributed by atoms with Crippen molar-refractivity contribution < 1.29 is 19.0 Å². The standard InChI is InChI=1S/C26H25N5O5/c1-16-7-5-10-31-22(16)28-24-19(26(31)33)13-18(15-27)23(30(24)11-6-12-34-2)29-25(32)17-8-9-20(35-3)21(14-17)36-4/h5,7-10,13-14H,6,11-12H2,1-4H3. The molecule has 4 aromatic rings. The third-order valence-electron chi connectivity index (χ3n) is 5.79. The second-order valence-electron chi connectivity index (χ2n) is 8.02. The Kier molecular flexibility index (Phi) is 7.12. The quantitative estimate of drug-likeness (QED) is 0.290. The van der Waals surface area contributed by atoms with Crippen LogP contribution in [0.5, 0.6) is 11.5 Å². The van der Waals surface area contributed by atoms with Crippen molar-refractivity contribution in [1.29, 1.82) is 5.26 Å². The zero-order valence-corrected chi connectivity index (χ0v) is 20.4. The number of ether oxygens (including phenoxy) is 3. The molecule has 3 aromatic heterocycles. The molecule has 1 amide bonds. The highest BCUT2D eigenvalue weighted by molar-refractivity contribution is 5.95. The number of rotatable bonds is 7. The first-order valence-corrected chi connectivity index (χ1v) is 11.2. The van der Waals surface area contributed by atoms with E-state index in [9.17, 15) is 14.9 Å². The van der Waals surface area contributed by atoms with Crippen LogP contribution in [0.4, 0.5) is 0 Å². The summed E-state index contributed by atoms with van der Waals surface area (Å²) in [5.74, 6) is 0.266. The predicted octanol–water partition coefficient (Wildman–Crippen LogP) is 2.62. The van der Waals surface area contributed by atoms with Gasteiger partial charge in [-0.15, -0.1) is 0 Å². The Morgan fingerprint density at radius 3 is 2.58 bits per heavy atom. The van der Waals surface area contributed by atoms with Gasteiger partial charge in [0, 0.05) is 32.0 Å². The molecule has 3 heterocycles. The van der Waals surface area contributed by atoms with E-state index in [-0.39, 0.29) is 27.6 Å². The zero-order valence-electron chi connectivity index (χ0n) is 20.4. The minimum atomic E-state index is -0.582. The predicted molar refractivity (Wildman–Crippen MR) is 132 cm³/mol. The second kappa shape index (κ2) is 10.4. The number of amides is 1. The lowest BCUT2D eigenvalue weighted by atomic mass is 10.2. The van der Waals surface area contributed by atoms with Crippen molar-refractivity contribution in [3.05, 3.63) is 75.1 Å². The molecule has 0 aliphatic heterocycles. The number of fused-ring (bicyclic) bond motifs is 2. The lowest BCUT2D eigenvalue weighted by Gasteiger charge is -2.14. The third kappa shape index (κ3) is 4.44. The summed E-state index contributed by atoms with van der Waals surface area (Å²) in [7, 11) is 4.56. The molecular formula is C26H25N5O5. The summed E-state index contributed by atoms with van der Waals surface area (Å²) in [5, 5.41) is 10.2. The van der Waals surface area contributed by atoms with E-state index in [1.807, 2.05) is 13.0 Å². The molecule has 0 aliphatic carbocycles. The van der Waals surface area contributed by atoms with Crippen molar-refractivity contribution in [2.24, 2.45) is 4.99 Å². The molecular weight excluding hydrogens is 462 g/mol. The van der Waals surface area contributed by atoms with Crippen LogP contribution in [0.25, 0.3) is 16.7 Å². The molecule has 4 rings (SSSR count). The summed E-state index contributed by atoms with van der Waals surface area (Å²) in [4.78, 5) is 35.6. The Morgan fingerprint density at radius 1 is 1.11 bits per heavy atom. The molecule has 0 unspecified atom stereocenters. The van der Waals surface area contributed by atoms with E-state index in [1.165, 1.54) is 30.8 Å². The first kappa shape index (κ1) is 24.6. The number of carbonyl (C=O) groups excluding carboxylic acids is 1. The van der Waals surface area contributed by atoms with Crippen LogP contribution in [0.15, 0.2) is 52.4 Å². The van der Waals surface area contributed by atoms with Gasteiger partial charge in [0.15, 0.2) is 17.0 Å². The zero-order chi connectivity index (χ0) is 25.8. The van der Waals surface area contributed by atoms with Gasteiger partial charge in [0.25, 0.3) is 11.5 Å². The molecule has 184 valence electrons. The van der Waals surface area contributed by atoms with Crippen LogP contribution in [0.3, 0.4) is 0 Å². The fourth-order valence-electron chi connectivity index (χ4n) is 4.00. The molecule has 0 spiro atoms. The number of hydrogen-bond donors (Lipinski definition) is 0. The van der Waals surface area contributed by atoms with Crippen molar-refractivity contribution in [1.82, 2.24) is 14.0 Å². The average molecular weight is 488 g/mol. The van der Waals surface area contributed by atoms with Crippen LogP contribution >= 0.6 is 0 Å². The van der Waals surface area contributed by atoms with Gasteiger partial charge in [-0.3, -0.25) is 14.0 Å². The number of pyridine rings is 2. The van der Waals surface area contributed by atoms with Crippen molar-refractivity contribution in [3.8, 4) is 17.6 Å². The molecule has 0 saturated heterocycles. The van der Waals surface area contributed by atoms with E-state index < -0.39 is 5.91 Å². The molecule has 10 nitrogen and oxygen atoms in total. The molecule has 10 heteroatoms. The Morgan fingerprint density at radius 2 is 1.89 bits per heavy atom. The molecule has 0 atom stereocenters. The molecule has 0 radical (unpaired) electrons. The molecule has 0 aliphatic rings. The number of hydrogen-bond acceptors (Lipinski definition) is 7. The van der Waals surface area contributed by atoms with Crippen LogP contribution in [-0.4, -0.2) is 47.8 Å². The van der Waals surface area contributed by atoms with E-state index in [1.54, 1.807) is 36.1 Å². The molecule has 0 fully saturated rings. The van der Waals surface area contributed by atoms with Gasteiger partial charge in [-0.2, -0.15) is 10.3 Å². The number of carbonyl (C=O) groups is 1. The van der Waals surface area contributed by atoms with Crippen LogP contribution in [0, 0.1) is 18.3 Å². The number of aromatic nitrogens is 3. The van der Waals surface area contributed by atoms with Crippen molar-refractivity contribution in [2.75, 3.05) is 27.9 Å². The van der Waals surface area contributed by atoms with Crippen molar-refractivity contribution >= 4 is 22.6 Å². The fourth-order valence-corrected chi connectivity index (χ4v) is 4.00. The van der Waals surface area contributed by atoms with E-state index in [4.69, 9.17) is 19.2 Å². The molecule has 0 N–H and O–H groups in total. The minimum absolute atomic E-state index is 0.0836. The van der Waals surface area contributed by atoms with Gasteiger partial charge in [0.1, 0.15) is 17.4 Å². The summed E-state index contributed by atoms with van der Waals surface area (Å²) in [6.45, 7) is 2.62. The van der Waals surface area contributed by atoms with Crippen LogP contribution in [0.1, 0.15) is 27.9 Å². The van der Waals surface area contributed by atoms with E-state index >= 15 is 0 Å². The topological polar surface area (TPSA) is 120 Å². The highest BCUT2D eigenvalue weighted by atomic mass is 16.5. The van der Waals surface area contributed by atoms with Gasteiger partial charge >= 0.3 is 0 Å². The van der Waals surface area contributed by atoms with Crippen LogP contribution < -0.4 is 20.5 Å². The van der Waals surface area contributed by atoms with Gasteiger partial charge in [0.05, 0.1) is 25.2 Å². The summed E-state index contributed by atoms with van der Waals surface area (Å²) in [6.07, 6.45) is 2.18. The highest BCUT2D eigenvalue weighted by Gasteiger charge is 2.17. The number of benzene rings is 1. The normalized spacial score (nSPS) is 11.6. The smallest absolute Gasteiger partial charge is 0.279 e. The maximum atomic E-state index is 13.3. The number of nitriles is 1. The van der Waals surface area contributed by atoms with Crippen molar-refractivity contribution in [3.63, 3.8) is 0 Å². The molecule has 0 bridgehead atoms. The van der Waals surface area contributed by atoms with Gasteiger partial charge in [0.2, 0.25) is 0 Å². The maximum absolute atomic E-state index is 13.3. The molecule has 0 saturated carbocycles. The number of aryl methyl sites for hydroxylation is 2. The summed E-state index contributed by atoms with van der Waals surface area (Å²) in [6, 6.07) is 11.8. The SMILES string of the molecule is COCCCn1c(=NC(=O)c2ccc(OC)c(OC)c2)c(C#N)cc2c(=O)n3cccc(C)c3nc21. The van der Waals surface area contributed by atoms with E-state index in [2.05, 4.69) is 11.1 Å². The third-order valence-corrected chi connectivity index (χ3v) is 5.79. The lowest BCUT2D eigenvalue weighted by Crippen LogP contribution is -2.30. The highest BCUT2D eigenvalue weighted by Crippen LogP contribution is 2.27. The Hall–Kier alpha value is -4.49. The number of methoxy groups -OCH3 is 3. The largest absolute Gasteiger partial charge is 0.493 e. The van der Waals surface area contributed by atoms with Gasteiger partial charge in [-0.1, -0.05) is 6.07 Å². The summed E-state index contributed by atoms with van der Waals surface area (Å²) in [5.41, 5.74) is 1.77. The van der Waals surface area contributed by atoms with Gasteiger partial charge in [-0.25, -0.2) is 4.98 Å². The monoisotopic (exact) mass is 487 g/mol. The van der Waals surface area contributed by atoms with Gasteiger partial charge < -0.3 is 18.8 Å². The Balaban J connectivity index is 2.03. The lowest BCUT2D eigenvalue weighted by molar-refractivity contribution is 0.0996. The van der Waals surface area contributed by atoms with Gasteiger partial charge in [-0.05, 0) is 49.2 Å². The maximum Gasteiger partial charge on any atom is 0.279 e. The fraction of sp³-hybridized carbons (Fsp3) is 0.269. The summed E-state index contributed by atoms with van der Waals surface area (Å²) >= 11 is 0. The molecule has 1 aromatic carbocycles. The first-order chi connectivity index (χ1) is 17.4. The average Bonchev–Trinajstić information content (AvgIpc) is 2.89. The first-order valence-electron chi connectivity index (χ1n) is 11.2. The minimum Gasteiger partial charge on any atom is -0.493 e. The Labute approximate surface area is 206 Å². The number of nitrogens with zero attached hydrogens (tertiary/aromatic N) is 5. The molecule has 36 heavy (non-hydrogen) atoms. The van der Waals surface area contributed by atoms with Crippen LogP contribution in [-0.2, 0) is 11.3 Å². The van der Waals surface area contributed by atoms with E-state index in [0.29, 0.717) is 42.4 Å². The van der Waals surface area contributed by atoms with Crippen LogP contribution in [0.2, 0.25) is 0 Å². The van der Waals surface area contributed by atoms with E-state index in [0.717, 1.165) is 5.56 Å². The summed E-state index contributed by atoms with van der Waals surface area (Å²) < 4.78 is 18.8. The Bertz CT molecular complexity index is 1650. The second-order valence-corrected chi connectivity index (χ2v) is 8.02. The van der Waals surface area contributed by atoms with Crippen molar-refractivity contribution in [2.45, 2.75) is 19.9 Å².